The van der Waals surface area contributed by atoms with Crippen molar-refractivity contribution in [3.8, 4) is 0 Å². The van der Waals surface area contributed by atoms with Crippen molar-refractivity contribution < 1.29 is 9.53 Å². The monoisotopic (exact) mass is 300 g/mol. The van der Waals surface area contributed by atoms with Gasteiger partial charge in [-0.05, 0) is 73.8 Å². The van der Waals surface area contributed by atoms with Gasteiger partial charge >= 0.3 is 0 Å². The third-order valence-corrected chi connectivity index (χ3v) is 7.43. The summed E-state index contributed by atoms with van der Waals surface area (Å²) in [6, 6.07) is 0. The highest BCUT2D eigenvalue weighted by Crippen LogP contribution is 2.61. The molecule has 0 bridgehead atoms. The normalized spacial score (nSPS) is 43.6. The van der Waals surface area contributed by atoms with Gasteiger partial charge in [0, 0.05) is 18.3 Å². The van der Waals surface area contributed by atoms with E-state index in [9.17, 15) is 4.79 Å². The molecule has 5 atom stereocenters. The van der Waals surface area contributed by atoms with Gasteiger partial charge in [0.1, 0.15) is 5.78 Å². The SMILES string of the molecule is CC[C@]12CC[C@H]3[C@@H](CC=C4C=C(OC)CC[C@@H]43)[C@@H]1CCC2=O. The van der Waals surface area contributed by atoms with Gasteiger partial charge in [0.25, 0.3) is 0 Å². The molecule has 2 saturated carbocycles. The average Bonchev–Trinajstić information content (AvgIpc) is 2.91. The van der Waals surface area contributed by atoms with Gasteiger partial charge in [-0.25, -0.2) is 0 Å². The molecule has 0 amide bonds. The van der Waals surface area contributed by atoms with E-state index in [4.69, 9.17) is 4.74 Å². The first kappa shape index (κ1) is 14.5. The standard InChI is InChI=1S/C20H28O2/c1-3-20-11-10-16-15-7-5-14(22-2)12-13(15)4-6-17(16)18(20)8-9-19(20)21/h4,12,15-18H,3,5-11H2,1-2H3/t15-,16+,17+,18-,20-/m0/s1. The number of ether oxygens (including phenoxy) is 1. The molecule has 2 fully saturated rings. The molecule has 0 unspecified atom stereocenters. The number of carbonyl (C=O) groups excluding carboxylic acids is 1. The molecule has 2 nitrogen and oxygen atoms in total. The van der Waals surface area contributed by atoms with Crippen molar-refractivity contribution in [1.29, 1.82) is 0 Å². The zero-order chi connectivity index (χ0) is 15.3. The fourth-order valence-corrected chi connectivity index (χ4v) is 6.31. The highest BCUT2D eigenvalue weighted by atomic mass is 16.5. The minimum Gasteiger partial charge on any atom is -0.501 e. The van der Waals surface area contributed by atoms with Crippen molar-refractivity contribution in [3.05, 3.63) is 23.5 Å². The number of hydrogen-bond donors (Lipinski definition) is 0. The van der Waals surface area contributed by atoms with Gasteiger partial charge in [-0.3, -0.25) is 4.79 Å². The molecular formula is C20H28O2. The second-order valence-electron chi connectivity index (χ2n) is 7.84. The van der Waals surface area contributed by atoms with Gasteiger partial charge in [-0.15, -0.1) is 0 Å². The van der Waals surface area contributed by atoms with E-state index in [1.165, 1.54) is 24.8 Å². The van der Waals surface area contributed by atoms with Crippen LogP contribution in [0.5, 0.6) is 0 Å². The van der Waals surface area contributed by atoms with Gasteiger partial charge in [0.05, 0.1) is 12.9 Å². The van der Waals surface area contributed by atoms with Crippen LogP contribution in [0.3, 0.4) is 0 Å². The van der Waals surface area contributed by atoms with Crippen LogP contribution in [-0.4, -0.2) is 12.9 Å². The van der Waals surface area contributed by atoms with Gasteiger partial charge in [0.15, 0.2) is 0 Å². The highest BCUT2D eigenvalue weighted by molar-refractivity contribution is 5.87. The Morgan fingerprint density at radius 2 is 2.09 bits per heavy atom. The van der Waals surface area contributed by atoms with E-state index in [0.717, 1.165) is 55.6 Å². The molecule has 0 aromatic carbocycles. The van der Waals surface area contributed by atoms with E-state index in [0.29, 0.717) is 11.7 Å². The number of rotatable bonds is 2. The lowest BCUT2D eigenvalue weighted by molar-refractivity contribution is -0.132. The number of Topliss-reactive ketones (excluding diaryl/α,β-unsaturated/α-hetero) is 1. The summed E-state index contributed by atoms with van der Waals surface area (Å²) < 4.78 is 5.47. The minimum atomic E-state index is 0.0503. The minimum absolute atomic E-state index is 0.0503. The molecule has 0 aromatic rings. The molecule has 0 saturated heterocycles. The van der Waals surface area contributed by atoms with Gasteiger partial charge < -0.3 is 4.74 Å². The molecule has 2 heteroatoms. The van der Waals surface area contributed by atoms with Crippen LogP contribution < -0.4 is 0 Å². The Morgan fingerprint density at radius 3 is 2.86 bits per heavy atom. The molecule has 120 valence electrons. The van der Waals surface area contributed by atoms with E-state index < -0.39 is 0 Å². The smallest absolute Gasteiger partial charge is 0.139 e. The molecule has 0 aromatic heterocycles. The number of hydrogen-bond acceptors (Lipinski definition) is 2. The molecular weight excluding hydrogens is 272 g/mol. The van der Waals surface area contributed by atoms with Crippen LogP contribution in [0, 0.1) is 29.1 Å². The molecule has 0 radical (unpaired) electrons. The van der Waals surface area contributed by atoms with Gasteiger partial charge in [0.2, 0.25) is 0 Å². The first-order chi connectivity index (χ1) is 10.7. The van der Waals surface area contributed by atoms with E-state index in [1.54, 1.807) is 7.11 Å². The van der Waals surface area contributed by atoms with Gasteiger partial charge in [-0.1, -0.05) is 13.0 Å². The summed E-state index contributed by atoms with van der Waals surface area (Å²) in [6.07, 6.45) is 13.8. The fraction of sp³-hybridized carbons (Fsp3) is 0.750. The van der Waals surface area contributed by atoms with Crippen LogP contribution in [0.25, 0.3) is 0 Å². The fourth-order valence-electron chi connectivity index (χ4n) is 6.31. The summed E-state index contributed by atoms with van der Waals surface area (Å²) in [5.41, 5.74) is 1.58. The summed E-state index contributed by atoms with van der Waals surface area (Å²) >= 11 is 0. The molecule has 22 heavy (non-hydrogen) atoms. The van der Waals surface area contributed by atoms with Crippen molar-refractivity contribution in [2.24, 2.45) is 29.1 Å². The van der Waals surface area contributed by atoms with Crippen LogP contribution in [0.4, 0.5) is 0 Å². The van der Waals surface area contributed by atoms with E-state index in [-0.39, 0.29) is 5.41 Å². The van der Waals surface area contributed by atoms with Crippen molar-refractivity contribution in [3.63, 3.8) is 0 Å². The van der Waals surface area contributed by atoms with Crippen molar-refractivity contribution in [2.75, 3.05) is 7.11 Å². The van der Waals surface area contributed by atoms with Crippen LogP contribution >= 0.6 is 0 Å². The third-order valence-electron chi connectivity index (χ3n) is 7.43. The first-order valence-electron chi connectivity index (χ1n) is 9.17. The maximum atomic E-state index is 12.6. The molecule has 0 N–H and O–H groups in total. The number of allylic oxidation sites excluding steroid dienone is 4. The molecule has 0 aliphatic heterocycles. The maximum Gasteiger partial charge on any atom is 0.139 e. The van der Waals surface area contributed by atoms with Gasteiger partial charge in [-0.2, -0.15) is 0 Å². The summed E-state index contributed by atoms with van der Waals surface area (Å²) in [4.78, 5) is 12.6. The van der Waals surface area contributed by atoms with Crippen LogP contribution in [0.15, 0.2) is 23.5 Å². The lowest BCUT2D eigenvalue weighted by Gasteiger charge is -2.51. The highest BCUT2D eigenvalue weighted by Gasteiger charge is 2.56. The lowest BCUT2D eigenvalue weighted by atomic mass is 9.52. The lowest BCUT2D eigenvalue weighted by Crippen LogP contribution is -2.46. The Morgan fingerprint density at radius 1 is 1.23 bits per heavy atom. The molecule has 4 aliphatic rings. The summed E-state index contributed by atoms with van der Waals surface area (Å²) in [6.45, 7) is 2.24. The van der Waals surface area contributed by atoms with Crippen LogP contribution in [0.1, 0.15) is 58.3 Å². The Balaban J connectivity index is 1.65. The molecule has 4 rings (SSSR count). The van der Waals surface area contributed by atoms with E-state index in [1.807, 2.05) is 0 Å². The average molecular weight is 300 g/mol. The number of ketones is 1. The predicted molar refractivity (Wildman–Crippen MR) is 87.2 cm³/mol. The van der Waals surface area contributed by atoms with E-state index in [2.05, 4.69) is 19.1 Å². The number of carbonyl (C=O) groups is 1. The summed E-state index contributed by atoms with van der Waals surface area (Å²) in [5, 5.41) is 0. The largest absolute Gasteiger partial charge is 0.501 e. The Kier molecular flexibility index (Phi) is 3.47. The van der Waals surface area contributed by atoms with Crippen LogP contribution in [-0.2, 0) is 9.53 Å². The Hall–Kier alpha value is -1.05. The number of fused-ring (bicyclic) bond motifs is 5. The molecule has 4 aliphatic carbocycles. The van der Waals surface area contributed by atoms with Crippen molar-refractivity contribution >= 4 is 5.78 Å². The zero-order valence-electron chi connectivity index (χ0n) is 13.9. The Bertz CT molecular complexity index is 544. The van der Waals surface area contributed by atoms with Crippen LogP contribution in [0.2, 0.25) is 0 Å². The second-order valence-corrected chi connectivity index (χ2v) is 7.84. The first-order valence-corrected chi connectivity index (χ1v) is 9.17. The quantitative estimate of drug-likeness (QED) is 0.741. The molecule has 0 heterocycles. The maximum absolute atomic E-state index is 12.6. The summed E-state index contributed by atoms with van der Waals surface area (Å²) in [7, 11) is 1.79. The third kappa shape index (κ3) is 1.88. The summed E-state index contributed by atoms with van der Waals surface area (Å²) in [5.74, 6) is 4.68. The van der Waals surface area contributed by atoms with Crippen molar-refractivity contribution in [1.82, 2.24) is 0 Å². The van der Waals surface area contributed by atoms with Crippen molar-refractivity contribution in [2.45, 2.75) is 58.3 Å². The molecule has 0 spiro atoms. The zero-order valence-corrected chi connectivity index (χ0v) is 13.9. The second kappa shape index (κ2) is 5.25. The topological polar surface area (TPSA) is 26.3 Å². The Labute approximate surface area is 134 Å². The number of methoxy groups -OCH3 is 1. The predicted octanol–water partition coefficient (Wildman–Crippen LogP) is 4.66. The van der Waals surface area contributed by atoms with E-state index >= 15 is 0 Å².